The number of para-hydroxylation sites is 1. The highest BCUT2D eigenvalue weighted by Gasteiger charge is 2.21. The molecule has 2 heterocycles. The van der Waals surface area contributed by atoms with Crippen LogP contribution < -0.4 is 0 Å². The monoisotopic (exact) mass is 701 g/mol. The molecule has 6 aromatic rings. The van der Waals surface area contributed by atoms with Crippen LogP contribution in [0.4, 0.5) is 0 Å². The van der Waals surface area contributed by atoms with Crippen molar-refractivity contribution in [3.63, 3.8) is 0 Å². The molecule has 0 N–H and O–H groups in total. The Hall–Kier alpha value is -3.92. The zero-order chi connectivity index (χ0) is 33.9. The number of rotatable bonds is 5. The van der Waals surface area contributed by atoms with Crippen molar-refractivity contribution in [2.24, 2.45) is 0 Å². The van der Waals surface area contributed by atoms with Crippen LogP contribution in [-0.4, -0.2) is 4.57 Å². The molecule has 1 aliphatic rings. The Morgan fingerprint density at radius 2 is 1.47 bits per heavy atom. The van der Waals surface area contributed by atoms with Crippen LogP contribution >= 0.6 is 27.3 Å². The molecule has 0 radical (unpaired) electrons. The first-order chi connectivity index (χ1) is 23.2. The van der Waals surface area contributed by atoms with E-state index in [1.54, 1.807) is 0 Å². The number of aromatic nitrogens is 1. The smallest absolute Gasteiger partial charge is 0.0538 e. The van der Waals surface area contributed by atoms with Gasteiger partial charge in [0.05, 0.1) is 11.2 Å². The number of allylic oxidation sites excluding steroid dienone is 4. The molecule has 0 spiro atoms. The Labute approximate surface area is 295 Å². The Morgan fingerprint density at radius 3 is 2.13 bits per heavy atom. The zero-order valence-corrected chi connectivity index (χ0v) is 31.6. The van der Waals surface area contributed by atoms with Crippen LogP contribution in [0.1, 0.15) is 82.7 Å². The number of halogens is 1. The Bertz CT molecular complexity index is 2000. The molecule has 1 aliphatic carbocycles. The maximum Gasteiger partial charge on any atom is 0.0538 e. The summed E-state index contributed by atoms with van der Waals surface area (Å²) in [4.78, 5) is 1.38. The number of aryl methyl sites for hydroxylation is 1. The molecule has 0 aliphatic heterocycles. The molecule has 0 saturated heterocycles. The van der Waals surface area contributed by atoms with E-state index in [0.717, 1.165) is 17.3 Å². The van der Waals surface area contributed by atoms with Crippen LogP contribution in [0.25, 0.3) is 49.5 Å². The lowest BCUT2D eigenvalue weighted by Crippen LogP contribution is -1.97. The van der Waals surface area contributed by atoms with Crippen molar-refractivity contribution in [2.45, 2.75) is 68.2 Å². The van der Waals surface area contributed by atoms with Gasteiger partial charge in [0.25, 0.3) is 0 Å². The van der Waals surface area contributed by atoms with Crippen molar-refractivity contribution in [1.82, 2.24) is 4.57 Å². The van der Waals surface area contributed by atoms with Crippen molar-refractivity contribution in [2.75, 3.05) is 0 Å². The zero-order valence-electron chi connectivity index (χ0n) is 29.2. The van der Waals surface area contributed by atoms with E-state index in [0.29, 0.717) is 0 Å². The third kappa shape index (κ3) is 7.17. The molecule has 0 unspecified atom stereocenters. The van der Waals surface area contributed by atoms with Crippen LogP contribution in [0.5, 0.6) is 0 Å². The summed E-state index contributed by atoms with van der Waals surface area (Å²) < 4.78 is 4.89. The molecule has 0 amide bonds. The molecule has 0 bridgehead atoms. The number of hydrogen-bond donors (Lipinski definition) is 0. The second-order valence-corrected chi connectivity index (χ2v) is 12.3. The summed E-state index contributed by atoms with van der Waals surface area (Å²) in [5, 5.41) is 2.68. The van der Waals surface area contributed by atoms with E-state index in [-0.39, 0.29) is 0 Å². The van der Waals surface area contributed by atoms with Gasteiger partial charge in [0.1, 0.15) is 0 Å². The summed E-state index contributed by atoms with van der Waals surface area (Å²) >= 11 is 5.65. The van der Waals surface area contributed by atoms with Gasteiger partial charge < -0.3 is 4.57 Å². The summed E-state index contributed by atoms with van der Waals surface area (Å²) in [6, 6.07) is 35.4. The van der Waals surface area contributed by atoms with Gasteiger partial charge in [0, 0.05) is 25.1 Å². The second kappa shape index (κ2) is 17.3. The van der Waals surface area contributed by atoms with Gasteiger partial charge in [0.15, 0.2) is 0 Å². The molecule has 0 saturated carbocycles. The molecule has 47 heavy (non-hydrogen) atoms. The third-order valence-corrected chi connectivity index (χ3v) is 10.0. The van der Waals surface area contributed by atoms with Gasteiger partial charge in [-0.15, -0.1) is 11.3 Å². The quantitative estimate of drug-likeness (QED) is 0.169. The van der Waals surface area contributed by atoms with Crippen LogP contribution in [0, 0.1) is 0 Å². The minimum absolute atomic E-state index is 0.887. The first kappa shape index (κ1) is 35.9. The summed E-state index contributed by atoms with van der Waals surface area (Å²) in [6.45, 7) is 16.4. The molecule has 0 atom stereocenters. The number of fused-ring (bicyclic) bond motifs is 4. The number of benzene rings is 4. The van der Waals surface area contributed by atoms with Gasteiger partial charge in [-0.3, -0.25) is 0 Å². The van der Waals surface area contributed by atoms with E-state index >= 15 is 0 Å². The predicted octanol–water partition coefficient (Wildman–Crippen LogP) is 14.5. The Kier molecular flexibility index (Phi) is 13.2. The average molecular weight is 703 g/mol. The van der Waals surface area contributed by atoms with Gasteiger partial charge in [-0.2, -0.15) is 0 Å². The highest BCUT2D eigenvalue weighted by molar-refractivity contribution is 9.11. The van der Waals surface area contributed by atoms with Crippen molar-refractivity contribution in [3.05, 3.63) is 147 Å². The van der Waals surface area contributed by atoms with Crippen LogP contribution in [0.15, 0.2) is 120 Å². The highest BCUT2D eigenvalue weighted by atomic mass is 79.9. The van der Waals surface area contributed by atoms with E-state index in [2.05, 4.69) is 156 Å². The van der Waals surface area contributed by atoms with E-state index < -0.39 is 0 Å². The van der Waals surface area contributed by atoms with E-state index in [1.807, 2.05) is 52.9 Å². The summed E-state index contributed by atoms with van der Waals surface area (Å²) in [5.74, 6) is 0. The van der Waals surface area contributed by atoms with Crippen molar-refractivity contribution in [1.29, 1.82) is 0 Å². The normalized spacial score (nSPS) is 12.1. The summed E-state index contributed by atoms with van der Waals surface area (Å²) in [7, 11) is 0. The van der Waals surface area contributed by atoms with Gasteiger partial charge in [-0.05, 0) is 95.0 Å². The fourth-order valence-electron chi connectivity index (χ4n) is 6.23. The van der Waals surface area contributed by atoms with Crippen molar-refractivity contribution >= 4 is 59.9 Å². The van der Waals surface area contributed by atoms with Gasteiger partial charge >= 0.3 is 0 Å². The minimum Gasteiger partial charge on any atom is -0.310 e. The first-order valence-corrected chi connectivity index (χ1v) is 18.8. The third-order valence-electron chi connectivity index (χ3n) is 8.13. The van der Waals surface area contributed by atoms with Crippen LogP contribution in [0.3, 0.4) is 0 Å². The van der Waals surface area contributed by atoms with E-state index in [9.17, 15) is 0 Å². The van der Waals surface area contributed by atoms with Crippen LogP contribution in [-0.2, 0) is 12.8 Å². The maximum absolute atomic E-state index is 3.72. The number of hydrogen-bond acceptors (Lipinski definition) is 1. The fraction of sp³-hybridized carbons (Fsp3) is 0.227. The lowest BCUT2D eigenvalue weighted by molar-refractivity contribution is 1.09. The Balaban J connectivity index is 0.000000790. The molecule has 7 rings (SSSR count). The largest absolute Gasteiger partial charge is 0.310 e. The maximum atomic E-state index is 3.72. The molecular formula is C44H48BrNS. The number of nitrogens with zero attached hydrogens (tertiary/aromatic N) is 1. The highest BCUT2D eigenvalue weighted by Crippen LogP contribution is 2.44. The van der Waals surface area contributed by atoms with Crippen LogP contribution in [0.2, 0.25) is 0 Å². The molecular weight excluding hydrogens is 654 g/mol. The van der Waals surface area contributed by atoms with Gasteiger partial charge in [0.2, 0.25) is 0 Å². The van der Waals surface area contributed by atoms with Gasteiger partial charge in [-0.1, -0.05) is 149 Å². The molecule has 3 heteroatoms. The van der Waals surface area contributed by atoms with Crippen molar-refractivity contribution in [3.8, 4) is 16.8 Å². The second-order valence-electron chi connectivity index (χ2n) is 10.4. The molecule has 242 valence electrons. The minimum atomic E-state index is 0.887. The molecule has 1 nitrogen and oxygen atoms in total. The molecule has 4 aromatic carbocycles. The predicted molar refractivity (Wildman–Crippen MR) is 216 cm³/mol. The Morgan fingerprint density at radius 1 is 0.787 bits per heavy atom. The molecule has 0 fully saturated rings. The van der Waals surface area contributed by atoms with E-state index in [1.165, 1.54) is 70.6 Å². The molecule has 2 aromatic heterocycles. The van der Waals surface area contributed by atoms with Crippen molar-refractivity contribution < 1.29 is 0 Å². The lowest BCUT2D eigenvalue weighted by Gasteiger charge is -2.10. The fourth-order valence-corrected chi connectivity index (χ4v) is 8.05. The standard InChI is InChI=1S/C38H30BrNS.3C2H6/c1-3-29(25-12-7-5-8-13-25)37-30(4-2)33-17-11-16-31(38(33)41-37)26-18-22-36-34(24-26)32-21-19-27(39)20-23-35(32)40(36)28-14-9-6-10-15-28;3*1-2/h3,5-20,22-24H,4,21H2,1-2H3;3*1-2H3/b29-3-;;;. The van der Waals surface area contributed by atoms with Gasteiger partial charge in [-0.25, -0.2) is 0 Å². The SMILES string of the molecule is C/C=C(/c1ccccc1)c1sc2c(-c3ccc4c(c3)c3c(n4-c4ccccc4)C=CC(Br)=CC3)cccc2c1CC.CC.CC.CC. The average Bonchev–Trinajstić information content (AvgIpc) is 3.60. The lowest BCUT2D eigenvalue weighted by atomic mass is 9.96. The topological polar surface area (TPSA) is 4.93 Å². The summed E-state index contributed by atoms with van der Waals surface area (Å²) in [5.41, 5.74) is 11.7. The summed E-state index contributed by atoms with van der Waals surface area (Å²) in [6.07, 6.45) is 10.8. The number of thiophene rings is 1. The van der Waals surface area contributed by atoms with E-state index in [4.69, 9.17) is 0 Å². The first-order valence-electron chi connectivity index (χ1n) is 17.2.